The third kappa shape index (κ3) is 2.26. The SMILES string of the molecule is CC1CCCN1C(=O)Nc1cccnc1. The Morgan fingerprint density at radius 3 is 3.13 bits per heavy atom. The van der Waals surface area contributed by atoms with E-state index in [0.29, 0.717) is 6.04 Å². The van der Waals surface area contributed by atoms with Crippen molar-refractivity contribution < 1.29 is 4.79 Å². The van der Waals surface area contributed by atoms with Crippen molar-refractivity contribution in [3.8, 4) is 0 Å². The summed E-state index contributed by atoms with van der Waals surface area (Å²) in [5.74, 6) is 0. The highest BCUT2D eigenvalue weighted by Gasteiger charge is 2.24. The van der Waals surface area contributed by atoms with Gasteiger partial charge in [0.25, 0.3) is 0 Å². The minimum atomic E-state index is -0.0204. The van der Waals surface area contributed by atoms with E-state index in [1.54, 1.807) is 12.4 Å². The molecule has 1 fully saturated rings. The van der Waals surface area contributed by atoms with E-state index in [1.165, 1.54) is 0 Å². The number of aromatic nitrogens is 1. The summed E-state index contributed by atoms with van der Waals surface area (Å²) >= 11 is 0. The van der Waals surface area contributed by atoms with Crippen molar-refractivity contribution in [3.05, 3.63) is 24.5 Å². The third-order valence-electron chi connectivity index (χ3n) is 2.73. The molecule has 4 heteroatoms. The first kappa shape index (κ1) is 9.96. The number of pyridine rings is 1. The van der Waals surface area contributed by atoms with Gasteiger partial charge in [0.05, 0.1) is 11.9 Å². The Hall–Kier alpha value is -1.58. The van der Waals surface area contributed by atoms with Gasteiger partial charge in [-0.25, -0.2) is 4.79 Å². The summed E-state index contributed by atoms with van der Waals surface area (Å²) in [5.41, 5.74) is 0.751. The quantitative estimate of drug-likeness (QED) is 0.763. The fraction of sp³-hybridized carbons (Fsp3) is 0.455. The largest absolute Gasteiger partial charge is 0.322 e. The van der Waals surface area contributed by atoms with Gasteiger partial charge in [-0.1, -0.05) is 0 Å². The fourth-order valence-electron chi connectivity index (χ4n) is 1.87. The lowest BCUT2D eigenvalue weighted by Gasteiger charge is -2.21. The Labute approximate surface area is 89.3 Å². The number of rotatable bonds is 1. The summed E-state index contributed by atoms with van der Waals surface area (Å²) in [5, 5.41) is 2.84. The maximum Gasteiger partial charge on any atom is 0.322 e. The van der Waals surface area contributed by atoms with E-state index < -0.39 is 0 Å². The highest BCUT2D eigenvalue weighted by atomic mass is 16.2. The summed E-state index contributed by atoms with van der Waals surface area (Å²) in [4.78, 5) is 17.6. The standard InChI is InChI=1S/C11H15N3O/c1-9-4-3-7-14(9)11(15)13-10-5-2-6-12-8-10/h2,5-6,8-9H,3-4,7H2,1H3,(H,13,15). The van der Waals surface area contributed by atoms with Crippen molar-refractivity contribution in [2.75, 3.05) is 11.9 Å². The summed E-state index contributed by atoms with van der Waals surface area (Å²) in [6, 6.07) is 3.98. The van der Waals surface area contributed by atoms with Crippen LogP contribution in [0.2, 0.25) is 0 Å². The van der Waals surface area contributed by atoms with Crippen LogP contribution < -0.4 is 5.32 Å². The molecule has 1 unspecified atom stereocenters. The summed E-state index contributed by atoms with van der Waals surface area (Å²) in [7, 11) is 0. The first-order valence-corrected chi connectivity index (χ1v) is 5.25. The van der Waals surface area contributed by atoms with Crippen LogP contribution in [0, 0.1) is 0 Å². The molecule has 80 valence electrons. The van der Waals surface area contributed by atoms with Gasteiger partial charge in [-0.2, -0.15) is 0 Å². The molecule has 1 aromatic rings. The number of hydrogen-bond acceptors (Lipinski definition) is 2. The average Bonchev–Trinajstić information content (AvgIpc) is 2.66. The van der Waals surface area contributed by atoms with Crippen molar-refractivity contribution in [2.24, 2.45) is 0 Å². The minimum absolute atomic E-state index is 0.0204. The summed E-state index contributed by atoms with van der Waals surface area (Å²) in [6.45, 7) is 2.93. The predicted octanol–water partition coefficient (Wildman–Crippen LogP) is 2.10. The van der Waals surface area contributed by atoms with Crippen molar-refractivity contribution in [1.29, 1.82) is 0 Å². The van der Waals surface area contributed by atoms with Crippen LogP contribution >= 0.6 is 0 Å². The molecular weight excluding hydrogens is 190 g/mol. The second-order valence-electron chi connectivity index (χ2n) is 3.86. The van der Waals surface area contributed by atoms with Gasteiger partial charge in [0, 0.05) is 18.8 Å². The molecule has 1 atom stereocenters. The molecule has 4 nitrogen and oxygen atoms in total. The first-order valence-electron chi connectivity index (χ1n) is 5.25. The van der Waals surface area contributed by atoms with Gasteiger partial charge in [0.2, 0.25) is 0 Å². The highest BCUT2D eigenvalue weighted by Crippen LogP contribution is 2.17. The molecule has 0 spiro atoms. The Bertz CT molecular complexity index is 339. The van der Waals surface area contributed by atoms with Crippen molar-refractivity contribution >= 4 is 11.7 Å². The topological polar surface area (TPSA) is 45.2 Å². The summed E-state index contributed by atoms with van der Waals surface area (Å²) < 4.78 is 0. The maximum atomic E-state index is 11.8. The molecule has 1 N–H and O–H groups in total. The van der Waals surface area contributed by atoms with Crippen molar-refractivity contribution in [2.45, 2.75) is 25.8 Å². The Morgan fingerprint density at radius 1 is 1.67 bits per heavy atom. The number of amides is 2. The third-order valence-corrected chi connectivity index (χ3v) is 2.73. The van der Waals surface area contributed by atoms with Gasteiger partial charge in [0.1, 0.15) is 0 Å². The molecule has 1 aliphatic heterocycles. The van der Waals surface area contributed by atoms with E-state index in [4.69, 9.17) is 0 Å². The zero-order chi connectivity index (χ0) is 10.7. The number of nitrogens with zero attached hydrogens (tertiary/aromatic N) is 2. The number of carbonyl (C=O) groups excluding carboxylic acids is 1. The van der Waals surface area contributed by atoms with Gasteiger partial charge in [-0.15, -0.1) is 0 Å². The molecule has 0 bridgehead atoms. The van der Waals surface area contributed by atoms with Gasteiger partial charge in [-0.05, 0) is 31.9 Å². The van der Waals surface area contributed by atoms with Crippen LogP contribution in [0.5, 0.6) is 0 Å². The van der Waals surface area contributed by atoms with Gasteiger partial charge >= 0.3 is 6.03 Å². The first-order chi connectivity index (χ1) is 7.27. The van der Waals surface area contributed by atoms with Gasteiger partial charge in [0.15, 0.2) is 0 Å². The lowest BCUT2D eigenvalue weighted by atomic mass is 10.2. The average molecular weight is 205 g/mol. The molecule has 0 radical (unpaired) electrons. The van der Waals surface area contributed by atoms with E-state index in [1.807, 2.05) is 17.0 Å². The fourth-order valence-corrected chi connectivity index (χ4v) is 1.87. The number of carbonyl (C=O) groups is 1. The monoisotopic (exact) mass is 205 g/mol. The van der Waals surface area contributed by atoms with Crippen LogP contribution in [0.1, 0.15) is 19.8 Å². The molecule has 2 rings (SSSR count). The normalized spacial score (nSPS) is 20.3. The van der Waals surface area contributed by atoms with Gasteiger partial charge in [-0.3, -0.25) is 4.98 Å². The molecule has 0 aromatic carbocycles. The Balaban J connectivity index is 1.98. The van der Waals surface area contributed by atoms with Crippen molar-refractivity contribution in [1.82, 2.24) is 9.88 Å². The lowest BCUT2D eigenvalue weighted by molar-refractivity contribution is 0.210. The number of nitrogens with one attached hydrogen (secondary N) is 1. The smallest absolute Gasteiger partial charge is 0.322 e. The van der Waals surface area contributed by atoms with Crippen molar-refractivity contribution in [3.63, 3.8) is 0 Å². The lowest BCUT2D eigenvalue weighted by Crippen LogP contribution is -2.37. The van der Waals surface area contributed by atoms with E-state index in [2.05, 4.69) is 17.2 Å². The van der Waals surface area contributed by atoms with Crippen LogP contribution in [0.4, 0.5) is 10.5 Å². The number of hydrogen-bond donors (Lipinski definition) is 1. The predicted molar refractivity (Wildman–Crippen MR) is 58.7 cm³/mol. The molecular formula is C11H15N3O. The molecule has 0 aliphatic carbocycles. The molecule has 0 saturated carbocycles. The van der Waals surface area contributed by atoms with E-state index >= 15 is 0 Å². The van der Waals surface area contributed by atoms with Crippen LogP contribution in [-0.2, 0) is 0 Å². The molecule has 15 heavy (non-hydrogen) atoms. The zero-order valence-corrected chi connectivity index (χ0v) is 8.81. The Morgan fingerprint density at radius 2 is 2.53 bits per heavy atom. The number of likely N-dealkylation sites (tertiary alicyclic amines) is 1. The highest BCUT2D eigenvalue weighted by molar-refractivity contribution is 5.89. The van der Waals surface area contributed by atoms with Crippen LogP contribution in [0.25, 0.3) is 0 Å². The zero-order valence-electron chi connectivity index (χ0n) is 8.81. The molecule has 1 saturated heterocycles. The molecule has 2 amide bonds. The van der Waals surface area contributed by atoms with Crippen LogP contribution in [0.3, 0.4) is 0 Å². The van der Waals surface area contributed by atoms with Crippen LogP contribution in [0.15, 0.2) is 24.5 Å². The Kier molecular flexibility index (Phi) is 2.85. The minimum Gasteiger partial charge on any atom is -0.322 e. The number of anilines is 1. The number of urea groups is 1. The molecule has 1 aliphatic rings. The van der Waals surface area contributed by atoms with Crippen LogP contribution in [-0.4, -0.2) is 28.5 Å². The van der Waals surface area contributed by atoms with E-state index in [9.17, 15) is 4.79 Å². The second kappa shape index (κ2) is 4.29. The van der Waals surface area contributed by atoms with E-state index in [0.717, 1.165) is 25.1 Å². The molecule has 1 aromatic heterocycles. The maximum absolute atomic E-state index is 11.8. The van der Waals surface area contributed by atoms with E-state index in [-0.39, 0.29) is 6.03 Å². The second-order valence-corrected chi connectivity index (χ2v) is 3.86. The van der Waals surface area contributed by atoms with Gasteiger partial charge < -0.3 is 10.2 Å². The molecule has 2 heterocycles. The summed E-state index contributed by atoms with van der Waals surface area (Å²) in [6.07, 6.45) is 5.54.